The van der Waals surface area contributed by atoms with Gasteiger partial charge in [0.25, 0.3) is 0 Å². The maximum absolute atomic E-state index is 5.93. The van der Waals surface area contributed by atoms with E-state index >= 15 is 0 Å². The predicted molar refractivity (Wildman–Crippen MR) is 147 cm³/mol. The van der Waals surface area contributed by atoms with E-state index in [-0.39, 0.29) is 0 Å². The summed E-state index contributed by atoms with van der Waals surface area (Å²) in [5.74, 6) is 0. The minimum Gasteiger partial charge on any atom is -0.379 e. The number of hydrogen-bond donors (Lipinski definition) is 0. The van der Waals surface area contributed by atoms with Gasteiger partial charge in [0.05, 0.1) is 59.5 Å². The lowest BCUT2D eigenvalue weighted by Gasteiger charge is -2.14. The smallest absolute Gasteiger partial charge is 0.0724 e. The maximum Gasteiger partial charge on any atom is 0.0724 e. The molecule has 0 saturated heterocycles. The Morgan fingerprint density at radius 1 is 0.528 bits per heavy atom. The number of rotatable bonds is 19. The molecule has 0 amide bonds. The Morgan fingerprint density at radius 2 is 1.06 bits per heavy atom. The van der Waals surface area contributed by atoms with E-state index in [0.717, 1.165) is 25.9 Å². The van der Waals surface area contributed by atoms with Gasteiger partial charge in [-0.05, 0) is 57.1 Å². The van der Waals surface area contributed by atoms with E-state index in [2.05, 4.69) is 61.2 Å². The molecule has 5 heteroatoms. The average Bonchev–Trinajstić information content (AvgIpc) is 2.91. The summed E-state index contributed by atoms with van der Waals surface area (Å²) in [7, 11) is 0. The van der Waals surface area contributed by atoms with Gasteiger partial charge in [0.1, 0.15) is 0 Å². The third kappa shape index (κ3) is 7.48. The Kier molecular flexibility index (Phi) is 11.0. The largest absolute Gasteiger partial charge is 0.379 e. The molecule has 0 saturated carbocycles. The van der Waals surface area contributed by atoms with Crippen LogP contribution in [-0.2, 0) is 30.3 Å². The summed E-state index contributed by atoms with van der Waals surface area (Å²) >= 11 is 0. The summed E-state index contributed by atoms with van der Waals surface area (Å²) in [6.45, 7) is 9.65. The highest BCUT2D eigenvalue weighted by atomic mass is 16.6. The zero-order valence-electron chi connectivity index (χ0n) is 21.2. The Balaban J connectivity index is 1.05. The molecule has 5 nitrogen and oxygen atoms in total. The predicted octanol–water partition coefficient (Wildman–Crippen LogP) is 6.52. The highest BCUT2D eigenvalue weighted by Crippen LogP contribution is 2.36. The van der Waals surface area contributed by atoms with Gasteiger partial charge in [0.15, 0.2) is 0 Å². The Labute approximate surface area is 214 Å². The summed E-state index contributed by atoms with van der Waals surface area (Å²) in [5, 5.41) is 7.77. The molecule has 0 aliphatic rings. The van der Waals surface area contributed by atoms with E-state index < -0.39 is 0 Å². The van der Waals surface area contributed by atoms with Crippen molar-refractivity contribution in [2.45, 2.75) is 25.9 Å². The topological polar surface area (TPSA) is 46.2 Å². The van der Waals surface area contributed by atoms with E-state index in [9.17, 15) is 0 Å². The van der Waals surface area contributed by atoms with Crippen molar-refractivity contribution in [3.63, 3.8) is 0 Å². The van der Waals surface area contributed by atoms with Crippen molar-refractivity contribution < 1.29 is 23.7 Å². The fraction of sp³-hybridized carbons (Fsp3) is 0.419. The molecule has 4 aromatic rings. The van der Waals surface area contributed by atoms with Crippen LogP contribution in [0.2, 0.25) is 0 Å². The molecular weight excluding hydrogens is 452 g/mol. The van der Waals surface area contributed by atoms with Gasteiger partial charge in [-0.1, -0.05) is 60.7 Å². The lowest BCUT2D eigenvalue weighted by molar-refractivity contribution is -0.0125. The Bertz CT molecular complexity index is 1170. The first-order valence-corrected chi connectivity index (χ1v) is 13.0. The molecule has 0 unspecified atom stereocenters. The van der Waals surface area contributed by atoms with E-state index in [4.69, 9.17) is 23.7 Å². The highest BCUT2D eigenvalue weighted by Gasteiger charge is 2.10. The molecule has 192 valence electrons. The zero-order valence-corrected chi connectivity index (χ0v) is 21.2. The number of unbranched alkanes of at least 4 members (excludes halogenated alkanes) is 2. The summed E-state index contributed by atoms with van der Waals surface area (Å²) < 4.78 is 28.1. The van der Waals surface area contributed by atoms with Crippen molar-refractivity contribution in [1.82, 2.24) is 0 Å². The van der Waals surface area contributed by atoms with Crippen LogP contribution in [0, 0.1) is 0 Å². The number of allylic oxidation sites excluding steroid dienone is 1. The van der Waals surface area contributed by atoms with Crippen LogP contribution in [0.5, 0.6) is 0 Å². The Hall–Kier alpha value is -2.54. The molecule has 0 aromatic heterocycles. The molecule has 0 fully saturated rings. The molecule has 0 atom stereocenters. The molecule has 0 bridgehead atoms. The average molecular weight is 491 g/mol. The first-order chi connectivity index (χ1) is 17.9. The molecule has 0 aliphatic heterocycles. The lowest BCUT2D eigenvalue weighted by atomic mass is 9.92. The molecule has 0 N–H and O–H groups in total. The van der Waals surface area contributed by atoms with Crippen LogP contribution < -0.4 is 0 Å². The second-order valence-corrected chi connectivity index (χ2v) is 8.87. The first-order valence-electron chi connectivity index (χ1n) is 13.0. The van der Waals surface area contributed by atoms with Crippen LogP contribution in [0.3, 0.4) is 0 Å². The fourth-order valence-electron chi connectivity index (χ4n) is 4.48. The van der Waals surface area contributed by atoms with Gasteiger partial charge in [-0.25, -0.2) is 0 Å². The minimum atomic E-state index is 0.551. The quantitative estimate of drug-likeness (QED) is 0.0850. The van der Waals surface area contributed by atoms with E-state index in [1.807, 2.05) is 6.08 Å². The zero-order chi connectivity index (χ0) is 24.8. The van der Waals surface area contributed by atoms with Gasteiger partial charge in [0.2, 0.25) is 0 Å². The monoisotopic (exact) mass is 490 g/mol. The number of ether oxygens (including phenoxy) is 5. The van der Waals surface area contributed by atoms with Crippen molar-refractivity contribution in [2.75, 3.05) is 59.5 Å². The third-order valence-electron chi connectivity index (χ3n) is 6.31. The van der Waals surface area contributed by atoms with Crippen LogP contribution >= 0.6 is 0 Å². The van der Waals surface area contributed by atoms with Crippen LogP contribution in [0.25, 0.3) is 32.3 Å². The normalized spacial score (nSPS) is 11.8. The summed E-state index contributed by atoms with van der Waals surface area (Å²) in [6.07, 6.45) is 5.20. The fourth-order valence-corrected chi connectivity index (χ4v) is 4.48. The minimum absolute atomic E-state index is 0.551. The molecule has 0 radical (unpaired) electrons. The van der Waals surface area contributed by atoms with Crippen molar-refractivity contribution in [2.24, 2.45) is 0 Å². The van der Waals surface area contributed by atoms with Crippen LogP contribution in [0.4, 0.5) is 0 Å². The number of benzene rings is 4. The van der Waals surface area contributed by atoms with Crippen LogP contribution in [0.1, 0.15) is 24.8 Å². The lowest BCUT2D eigenvalue weighted by Crippen LogP contribution is -2.13. The Morgan fingerprint density at radius 3 is 1.69 bits per heavy atom. The molecule has 4 rings (SSSR count). The first kappa shape index (κ1) is 26.5. The van der Waals surface area contributed by atoms with Crippen molar-refractivity contribution in [1.29, 1.82) is 0 Å². The molecule has 36 heavy (non-hydrogen) atoms. The molecular formula is C31H38O5. The highest BCUT2D eigenvalue weighted by molar-refractivity contribution is 6.23. The van der Waals surface area contributed by atoms with Crippen LogP contribution in [-0.4, -0.2) is 59.5 Å². The second kappa shape index (κ2) is 14.9. The van der Waals surface area contributed by atoms with Gasteiger partial charge in [-0.15, -0.1) is 6.58 Å². The van der Waals surface area contributed by atoms with Crippen molar-refractivity contribution in [3.8, 4) is 0 Å². The van der Waals surface area contributed by atoms with Gasteiger partial charge in [-0.3, -0.25) is 0 Å². The summed E-state index contributed by atoms with van der Waals surface area (Å²) in [6, 6.07) is 19.7. The van der Waals surface area contributed by atoms with Gasteiger partial charge < -0.3 is 23.7 Å². The standard InChI is InChI=1S/C31H38O5/c1-2-3-4-5-15-32-16-17-33-18-19-34-20-21-35-22-23-36-24-28-12-11-27-10-9-25-7-6-8-26-13-14-29(28)31(27)30(25)26/h2,6-14H,1,3-5,15-24H2. The van der Waals surface area contributed by atoms with Gasteiger partial charge in [0, 0.05) is 6.61 Å². The van der Waals surface area contributed by atoms with E-state index in [1.54, 1.807) is 0 Å². The van der Waals surface area contributed by atoms with Crippen molar-refractivity contribution >= 4 is 32.3 Å². The maximum atomic E-state index is 5.93. The van der Waals surface area contributed by atoms with Crippen LogP contribution in [0.15, 0.2) is 67.3 Å². The second-order valence-electron chi connectivity index (χ2n) is 8.87. The SMILES string of the molecule is C=CCCCCOCCOCCOCCOCCOCc1ccc2ccc3cccc4ccc1c2c34. The molecule has 4 aromatic carbocycles. The van der Waals surface area contributed by atoms with Gasteiger partial charge >= 0.3 is 0 Å². The molecule has 0 spiro atoms. The van der Waals surface area contributed by atoms with E-state index in [0.29, 0.717) is 59.5 Å². The third-order valence-corrected chi connectivity index (χ3v) is 6.31. The van der Waals surface area contributed by atoms with Gasteiger partial charge in [-0.2, -0.15) is 0 Å². The number of hydrogen-bond acceptors (Lipinski definition) is 5. The summed E-state index contributed by atoms with van der Waals surface area (Å²) in [5.41, 5.74) is 1.21. The van der Waals surface area contributed by atoms with Crippen molar-refractivity contribution in [3.05, 3.63) is 72.8 Å². The van der Waals surface area contributed by atoms with E-state index in [1.165, 1.54) is 37.9 Å². The summed E-state index contributed by atoms with van der Waals surface area (Å²) in [4.78, 5) is 0. The molecule has 0 aliphatic carbocycles. The molecule has 0 heterocycles.